The number of allylic oxidation sites excluding steroid dienone is 1. The van der Waals surface area contributed by atoms with Gasteiger partial charge in [0, 0.05) is 12.2 Å². The topological polar surface area (TPSA) is 68.2 Å². The van der Waals surface area contributed by atoms with Gasteiger partial charge in [-0.15, -0.1) is 0 Å². The van der Waals surface area contributed by atoms with Crippen molar-refractivity contribution in [2.24, 2.45) is 4.99 Å². The predicted molar refractivity (Wildman–Crippen MR) is 110 cm³/mol. The van der Waals surface area contributed by atoms with Gasteiger partial charge in [-0.3, -0.25) is 9.69 Å². The summed E-state index contributed by atoms with van der Waals surface area (Å²) in [4.78, 5) is 31.6. The second-order valence-corrected chi connectivity index (χ2v) is 7.71. The standard InChI is InChI=1S/C21H26N2O4S/c1-4-6-12-27-16-9-7-15(8-10-16)19-18(20(25)26-5-2)14(3)22-21-23(19)17(24)11-13-28-21/h7-10,19H,4-6,11-13H2,1-3H3/t19-/m1/s1. The fourth-order valence-corrected chi connectivity index (χ4v) is 4.27. The first-order valence-corrected chi connectivity index (χ1v) is 10.7. The zero-order valence-corrected chi connectivity index (χ0v) is 17.4. The highest BCUT2D eigenvalue weighted by Crippen LogP contribution is 2.40. The molecule has 1 amide bonds. The average Bonchev–Trinajstić information content (AvgIpc) is 2.68. The number of fused-ring (bicyclic) bond motifs is 1. The summed E-state index contributed by atoms with van der Waals surface area (Å²) in [6.45, 7) is 6.63. The van der Waals surface area contributed by atoms with E-state index >= 15 is 0 Å². The van der Waals surface area contributed by atoms with E-state index in [2.05, 4.69) is 11.9 Å². The maximum Gasteiger partial charge on any atom is 0.338 e. The number of nitrogens with zero attached hydrogens (tertiary/aromatic N) is 2. The highest BCUT2D eigenvalue weighted by atomic mass is 32.2. The number of aliphatic imine (C=N–C) groups is 1. The maximum atomic E-state index is 12.7. The number of esters is 1. The summed E-state index contributed by atoms with van der Waals surface area (Å²) in [5.41, 5.74) is 1.86. The Balaban J connectivity index is 1.97. The summed E-state index contributed by atoms with van der Waals surface area (Å²) in [7, 11) is 0. The van der Waals surface area contributed by atoms with E-state index in [1.54, 1.807) is 30.5 Å². The molecule has 2 aliphatic rings. The van der Waals surface area contributed by atoms with Crippen molar-refractivity contribution in [1.82, 2.24) is 4.90 Å². The zero-order chi connectivity index (χ0) is 20.1. The number of rotatable bonds is 7. The molecule has 0 spiro atoms. The van der Waals surface area contributed by atoms with Gasteiger partial charge < -0.3 is 9.47 Å². The fraction of sp³-hybridized carbons (Fsp3) is 0.476. The van der Waals surface area contributed by atoms with Gasteiger partial charge in [-0.1, -0.05) is 37.2 Å². The van der Waals surface area contributed by atoms with Crippen LogP contribution in [0.2, 0.25) is 0 Å². The zero-order valence-electron chi connectivity index (χ0n) is 16.6. The molecule has 3 rings (SSSR count). The Morgan fingerprint density at radius 2 is 2.04 bits per heavy atom. The summed E-state index contributed by atoms with van der Waals surface area (Å²) < 4.78 is 11.0. The quantitative estimate of drug-likeness (QED) is 0.508. The van der Waals surface area contributed by atoms with E-state index in [0.717, 1.165) is 24.2 Å². The molecule has 1 atom stereocenters. The Morgan fingerprint density at radius 3 is 2.71 bits per heavy atom. The molecule has 0 saturated carbocycles. The molecule has 2 aliphatic heterocycles. The molecule has 6 nitrogen and oxygen atoms in total. The van der Waals surface area contributed by atoms with Crippen molar-refractivity contribution < 1.29 is 19.1 Å². The fourth-order valence-electron chi connectivity index (χ4n) is 3.26. The molecule has 0 N–H and O–H groups in total. The molecule has 7 heteroatoms. The van der Waals surface area contributed by atoms with Crippen molar-refractivity contribution >= 4 is 28.8 Å². The number of unbranched alkanes of at least 4 members (excludes halogenated alkanes) is 1. The Hall–Kier alpha value is -2.28. The van der Waals surface area contributed by atoms with Gasteiger partial charge in [0.15, 0.2) is 5.17 Å². The lowest BCUT2D eigenvalue weighted by Gasteiger charge is -2.38. The molecule has 0 radical (unpaired) electrons. The molecule has 0 aromatic heterocycles. The molecule has 0 bridgehead atoms. The predicted octanol–water partition coefficient (Wildman–Crippen LogP) is 4.08. The molecule has 1 aromatic carbocycles. The average molecular weight is 403 g/mol. The number of benzene rings is 1. The normalized spacial score (nSPS) is 19.2. The maximum absolute atomic E-state index is 12.7. The number of hydrogen-bond donors (Lipinski definition) is 0. The first kappa shape index (κ1) is 20.5. The van der Waals surface area contributed by atoms with Crippen LogP contribution < -0.4 is 4.74 Å². The van der Waals surface area contributed by atoms with E-state index in [1.807, 2.05) is 24.3 Å². The Morgan fingerprint density at radius 1 is 1.29 bits per heavy atom. The van der Waals surface area contributed by atoms with Crippen molar-refractivity contribution in [3.05, 3.63) is 41.1 Å². The minimum atomic E-state index is -0.531. The summed E-state index contributed by atoms with van der Waals surface area (Å²) in [6.07, 6.45) is 2.50. The van der Waals surface area contributed by atoms with Gasteiger partial charge in [-0.2, -0.15) is 0 Å². The van der Waals surface area contributed by atoms with Gasteiger partial charge >= 0.3 is 5.97 Å². The van der Waals surface area contributed by atoms with E-state index in [0.29, 0.717) is 35.2 Å². The minimum Gasteiger partial charge on any atom is -0.494 e. The van der Waals surface area contributed by atoms with Crippen LogP contribution in [0.3, 0.4) is 0 Å². The molecule has 0 unspecified atom stereocenters. The summed E-state index contributed by atoms with van der Waals surface area (Å²) in [5, 5.41) is 0.648. The summed E-state index contributed by atoms with van der Waals surface area (Å²) in [5.74, 6) is 1.02. The molecular formula is C21H26N2O4S. The monoisotopic (exact) mass is 402 g/mol. The van der Waals surface area contributed by atoms with Crippen molar-refractivity contribution in [2.75, 3.05) is 19.0 Å². The highest BCUT2D eigenvalue weighted by Gasteiger charge is 2.41. The summed E-state index contributed by atoms with van der Waals surface area (Å²) in [6, 6.07) is 7.06. The van der Waals surface area contributed by atoms with Crippen LogP contribution in [0.1, 0.15) is 51.6 Å². The van der Waals surface area contributed by atoms with Gasteiger partial charge in [0.2, 0.25) is 5.91 Å². The third kappa shape index (κ3) is 4.24. The smallest absolute Gasteiger partial charge is 0.338 e. The number of carbonyl (C=O) groups is 2. The van der Waals surface area contributed by atoms with E-state index in [9.17, 15) is 9.59 Å². The molecular weight excluding hydrogens is 376 g/mol. The van der Waals surface area contributed by atoms with Crippen LogP contribution in [-0.2, 0) is 14.3 Å². The van der Waals surface area contributed by atoms with Gasteiger partial charge in [0.05, 0.1) is 30.5 Å². The van der Waals surface area contributed by atoms with Crippen molar-refractivity contribution in [3.8, 4) is 5.75 Å². The lowest BCUT2D eigenvalue weighted by atomic mass is 9.94. The van der Waals surface area contributed by atoms with Gasteiger partial charge in [-0.25, -0.2) is 9.79 Å². The van der Waals surface area contributed by atoms with Crippen molar-refractivity contribution in [2.45, 2.75) is 46.1 Å². The van der Waals surface area contributed by atoms with Crippen molar-refractivity contribution in [3.63, 3.8) is 0 Å². The van der Waals surface area contributed by atoms with Crippen LogP contribution in [0.15, 0.2) is 40.5 Å². The number of ether oxygens (including phenoxy) is 2. The number of hydrogen-bond acceptors (Lipinski definition) is 6. The number of carbonyl (C=O) groups excluding carboxylic acids is 2. The van der Waals surface area contributed by atoms with Crippen LogP contribution in [0.5, 0.6) is 5.75 Å². The van der Waals surface area contributed by atoms with Gasteiger partial charge in [0.1, 0.15) is 5.75 Å². The Kier molecular flexibility index (Phi) is 6.78. The molecule has 1 fully saturated rings. The first-order chi connectivity index (χ1) is 13.6. The second kappa shape index (κ2) is 9.28. The van der Waals surface area contributed by atoms with Crippen LogP contribution in [0, 0.1) is 0 Å². The molecule has 1 aromatic rings. The molecule has 1 saturated heterocycles. The third-order valence-corrected chi connectivity index (χ3v) is 5.62. The number of thioether (sulfide) groups is 1. The minimum absolute atomic E-state index is 0.0277. The second-order valence-electron chi connectivity index (χ2n) is 6.65. The molecule has 0 aliphatic carbocycles. The van der Waals surface area contributed by atoms with Gasteiger partial charge in [-0.05, 0) is 38.0 Å². The van der Waals surface area contributed by atoms with E-state index in [4.69, 9.17) is 9.47 Å². The first-order valence-electron chi connectivity index (χ1n) is 9.71. The van der Waals surface area contributed by atoms with Crippen LogP contribution in [-0.4, -0.2) is 40.9 Å². The largest absolute Gasteiger partial charge is 0.494 e. The third-order valence-electron chi connectivity index (χ3n) is 4.66. The number of amides is 1. The van der Waals surface area contributed by atoms with Crippen LogP contribution in [0.4, 0.5) is 0 Å². The molecule has 2 heterocycles. The Labute approximate surface area is 170 Å². The van der Waals surface area contributed by atoms with Crippen LogP contribution >= 0.6 is 11.8 Å². The summed E-state index contributed by atoms with van der Waals surface area (Å²) >= 11 is 1.54. The Bertz CT molecular complexity index is 801. The van der Waals surface area contributed by atoms with E-state index in [-0.39, 0.29) is 12.5 Å². The van der Waals surface area contributed by atoms with E-state index in [1.165, 1.54) is 0 Å². The number of amidine groups is 1. The highest BCUT2D eigenvalue weighted by molar-refractivity contribution is 8.14. The van der Waals surface area contributed by atoms with E-state index < -0.39 is 12.0 Å². The van der Waals surface area contributed by atoms with Crippen LogP contribution in [0.25, 0.3) is 0 Å². The SMILES string of the molecule is CCCCOc1ccc([C@@H]2C(C(=O)OCC)=C(C)N=C3SCCC(=O)N32)cc1. The van der Waals surface area contributed by atoms with Crippen molar-refractivity contribution in [1.29, 1.82) is 0 Å². The van der Waals surface area contributed by atoms with Gasteiger partial charge in [0.25, 0.3) is 0 Å². The lowest BCUT2D eigenvalue weighted by molar-refractivity contribution is -0.139. The lowest BCUT2D eigenvalue weighted by Crippen LogP contribution is -2.45. The molecule has 150 valence electrons. The molecule has 28 heavy (non-hydrogen) atoms.